The van der Waals surface area contributed by atoms with Gasteiger partial charge in [0.2, 0.25) is 15.9 Å². The van der Waals surface area contributed by atoms with Crippen LogP contribution < -0.4 is 10.1 Å². The van der Waals surface area contributed by atoms with Crippen molar-refractivity contribution in [1.82, 2.24) is 14.5 Å². The summed E-state index contributed by atoms with van der Waals surface area (Å²) in [5.74, 6) is 2.15. The van der Waals surface area contributed by atoms with Gasteiger partial charge in [-0.15, -0.1) is 11.8 Å². The van der Waals surface area contributed by atoms with Crippen molar-refractivity contribution in [2.75, 3.05) is 44.9 Å². The van der Waals surface area contributed by atoms with Crippen molar-refractivity contribution in [3.8, 4) is 5.75 Å². The summed E-state index contributed by atoms with van der Waals surface area (Å²) in [4.78, 5) is 14.3. The fourth-order valence-electron chi connectivity index (χ4n) is 2.83. The Morgan fingerprint density at radius 3 is 2.67 bits per heavy atom. The summed E-state index contributed by atoms with van der Waals surface area (Å²) in [6.07, 6.45) is 0. The maximum absolute atomic E-state index is 12.7. The number of nitrogens with one attached hydrogen (secondary N) is 1. The average molecular weight is 371 g/mol. The summed E-state index contributed by atoms with van der Waals surface area (Å²) in [5.41, 5.74) is 0. The zero-order valence-corrected chi connectivity index (χ0v) is 15.1. The number of rotatable bonds is 4. The number of thioether (sulfide) groups is 1. The molecule has 1 N–H and O–H groups in total. The van der Waals surface area contributed by atoms with Gasteiger partial charge in [-0.3, -0.25) is 10.1 Å². The van der Waals surface area contributed by atoms with Crippen molar-refractivity contribution in [2.45, 2.75) is 10.9 Å². The molecule has 0 radical (unpaired) electrons. The van der Waals surface area contributed by atoms with E-state index >= 15 is 0 Å². The van der Waals surface area contributed by atoms with Crippen LogP contribution in [0.5, 0.6) is 5.75 Å². The minimum atomic E-state index is -3.57. The van der Waals surface area contributed by atoms with E-state index < -0.39 is 10.0 Å². The van der Waals surface area contributed by atoms with Crippen LogP contribution in [0, 0.1) is 0 Å². The van der Waals surface area contributed by atoms with Crippen LogP contribution in [-0.4, -0.2) is 74.5 Å². The third-order valence-electron chi connectivity index (χ3n) is 4.24. The van der Waals surface area contributed by atoms with Crippen LogP contribution in [0.2, 0.25) is 0 Å². The van der Waals surface area contributed by atoms with Crippen molar-refractivity contribution in [2.24, 2.45) is 0 Å². The minimum absolute atomic E-state index is 0.0680. The van der Waals surface area contributed by atoms with Gasteiger partial charge >= 0.3 is 0 Å². The molecule has 24 heavy (non-hydrogen) atoms. The van der Waals surface area contributed by atoms with Crippen molar-refractivity contribution in [1.29, 1.82) is 0 Å². The number of ether oxygens (including phenoxy) is 1. The molecule has 9 heteroatoms. The first-order valence-corrected chi connectivity index (χ1v) is 10.4. The van der Waals surface area contributed by atoms with Crippen LogP contribution >= 0.6 is 11.8 Å². The Morgan fingerprint density at radius 1 is 1.29 bits per heavy atom. The highest BCUT2D eigenvalue weighted by Gasteiger charge is 2.33. The number of piperazine rings is 1. The van der Waals surface area contributed by atoms with E-state index in [1.165, 1.54) is 17.5 Å². The average Bonchev–Trinajstić information content (AvgIpc) is 3.16. The number of hydrogen-bond donors (Lipinski definition) is 1. The highest BCUT2D eigenvalue weighted by atomic mass is 32.2. The van der Waals surface area contributed by atoms with Gasteiger partial charge in [0.05, 0.1) is 18.0 Å². The number of sulfonamides is 1. The third kappa shape index (κ3) is 3.53. The third-order valence-corrected chi connectivity index (χ3v) is 7.08. The second-order valence-corrected chi connectivity index (χ2v) is 8.65. The predicted molar refractivity (Wildman–Crippen MR) is 92.6 cm³/mol. The van der Waals surface area contributed by atoms with E-state index in [4.69, 9.17) is 4.74 Å². The molecule has 0 aromatic heterocycles. The standard InChI is InChI=1S/C15H21N3O4S2/c1-22-12-3-2-4-13(9-12)24(20,21)18-7-5-17(6-8-18)15(19)14-10-23-11-16-14/h2-4,9,14,16H,5-8,10-11H2,1H3. The molecular weight excluding hydrogens is 350 g/mol. The van der Waals surface area contributed by atoms with E-state index in [2.05, 4.69) is 5.32 Å². The van der Waals surface area contributed by atoms with Crippen molar-refractivity contribution < 1.29 is 17.9 Å². The first-order chi connectivity index (χ1) is 11.5. The molecule has 1 atom stereocenters. The zero-order chi connectivity index (χ0) is 17.2. The fraction of sp³-hybridized carbons (Fsp3) is 0.533. The van der Waals surface area contributed by atoms with Crippen molar-refractivity contribution in [3.05, 3.63) is 24.3 Å². The molecule has 2 aliphatic rings. The van der Waals surface area contributed by atoms with E-state index in [0.29, 0.717) is 31.9 Å². The van der Waals surface area contributed by atoms with Crippen LogP contribution in [0.25, 0.3) is 0 Å². The van der Waals surface area contributed by atoms with Gasteiger partial charge in [-0.2, -0.15) is 4.31 Å². The predicted octanol–water partition coefficient (Wildman–Crippen LogP) is 0.191. The monoisotopic (exact) mass is 371 g/mol. The van der Waals surface area contributed by atoms with E-state index in [0.717, 1.165) is 11.6 Å². The lowest BCUT2D eigenvalue weighted by molar-refractivity contribution is -0.133. The summed E-state index contributed by atoms with van der Waals surface area (Å²) >= 11 is 1.70. The number of carbonyl (C=O) groups is 1. The number of carbonyl (C=O) groups excluding carboxylic acids is 1. The molecule has 3 rings (SSSR count). The number of hydrogen-bond acceptors (Lipinski definition) is 6. The summed E-state index contributed by atoms with van der Waals surface area (Å²) in [5, 5.41) is 3.16. The molecule has 1 amide bonds. The fourth-order valence-corrected chi connectivity index (χ4v) is 5.22. The highest BCUT2D eigenvalue weighted by molar-refractivity contribution is 7.99. The van der Waals surface area contributed by atoms with Gasteiger partial charge < -0.3 is 9.64 Å². The molecule has 2 fully saturated rings. The smallest absolute Gasteiger partial charge is 0.243 e. The lowest BCUT2D eigenvalue weighted by Crippen LogP contribution is -2.54. The lowest BCUT2D eigenvalue weighted by Gasteiger charge is -2.35. The quantitative estimate of drug-likeness (QED) is 0.814. The van der Waals surface area contributed by atoms with Gasteiger partial charge in [0, 0.05) is 43.9 Å². The molecule has 1 aromatic rings. The molecule has 1 aromatic carbocycles. The van der Waals surface area contributed by atoms with Gasteiger partial charge in [-0.25, -0.2) is 8.42 Å². The maximum Gasteiger partial charge on any atom is 0.243 e. The number of benzene rings is 1. The Morgan fingerprint density at radius 2 is 2.04 bits per heavy atom. The molecule has 2 saturated heterocycles. The second kappa shape index (κ2) is 7.30. The number of amides is 1. The van der Waals surface area contributed by atoms with Crippen LogP contribution in [0.1, 0.15) is 0 Å². The Kier molecular flexibility index (Phi) is 5.33. The molecular formula is C15H21N3O4S2. The molecule has 1 unspecified atom stereocenters. The first kappa shape index (κ1) is 17.5. The zero-order valence-electron chi connectivity index (χ0n) is 13.5. The Bertz CT molecular complexity index is 696. The molecule has 0 spiro atoms. The summed E-state index contributed by atoms with van der Waals surface area (Å²) < 4.78 is 32.0. The summed E-state index contributed by atoms with van der Waals surface area (Å²) in [6.45, 7) is 1.46. The SMILES string of the molecule is COc1cccc(S(=O)(=O)N2CCN(C(=O)C3CSCN3)CC2)c1. The van der Waals surface area contributed by atoms with Gasteiger partial charge in [0.1, 0.15) is 5.75 Å². The molecule has 132 valence electrons. The molecule has 7 nitrogen and oxygen atoms in total. The van der Waals surface area contributed by atoms with Crippen LogP contribution in [-0.2, 0) is 14.8 Å². The normalized spacial score (nSPS) is 22.5. The van der Waals surface area contributed by atoms with Gasteiger partial charge in [-0.05, 0) is 12.1 Å². The van der Waals surface area contributed by atoms with E-state index in [-0.39, 0.29) is 16.8 Å². The maximum atomic E-state index is 12.7. The summed E-state index contributed by atoms with van der Waals surface area (Å²) in [7, 11) is -2.06. The van der Waals surface area contributed by atoms with Crippen molar-refractivity contribution in [3.63, 3.8) is 0 Å². The van der Waals surface area contributed by atoms with Gasteiger partial charge in [0.15, 0.2) is 0 Å². The highest BCUT2D eigenvalue weighted by Crippen LogP contribution is 2.22. The molecule has 0 aliphatic carbocycles. The lowest BCUT2D eigenvalue weighted by atomic mass is 10.2. The molecule has 0 bridgehead atoms. The topological polar surface area (TPSA) is 79.0 Å². The van der Waals surface area contributed by atoms with E-state index in [9.17, 15) is 13.2 Å². The molecule has 0 saturated carbocycles. The molecule has 2 aliphatic heterocycles. The second-order valence-electron chi connectivity index (χ2n) is 5.68. The van der Waals surface area contributed by atoms with Crippen LogP contribution in [0.3, 0.4) is 0 Å². The van der Waals surface area contributed by atoms with Crippen LogP contribution in [0.15, 0.2) is 29.2 Å². The first-order valence-electron chi connectivity index (χ1n) is 7.76. The Labute approximate surface area is 146 Å². The Hall–Kier alpha value is -1.29. The van der Waals surface area contributed by atoms with Gasteiger partial charge in [-0.1, -0.05) is 6.07 Å². The van der Waals surface area contributed by atoms with Gasteiger partial charge in [0.25, 0.3) is 0 Å². The minimum Gasteiger partial charge on any atom is -0.497 e. The Balaban J connectivity index is 1.65. The number of methoxy groups -OCH3 is 1. The van der Waals surface area contributed by atoms with Crippen LogP contribution in [0.4, 0.5) is 0 Å². The largest absolute Gasteiger partial charge is 0.497 e. The van der Waals surface area contributed by atoms with Crippen molar-refractivity contribution >= 4 is 27.7 Å². The summed E-state index contributed by atoms with van der Waals surface area (Å²) in [6, 6.07) is 6.31. The molecule has 2 heterocycles. The van der Waals surface area contributed by atoms with E-state index in [1.54, 1.807) is 34.9 Å². The van der Waals surface area contributed by atoms with E-state index in [1.807, 2.05) is 0 Å². The number of nitrogens with zero attached hydrogens (tertiary/aromatic N) is 2.